The number of hydrogen-bond donors (Lipinski definition) is 1. The van der Waals surface area contributed by atoms with Gasteiger partial charge in [0.05, 0.1) is 29.3 Å². The quantitative estimate of drug-likeness (QED) is 0.352. The molecule has 0 spiro atoms. The van der Waals surface area contributed by atoms with E-state index in [1.54, 1.807) is 7.11 Å². The first-order chi connectivity index (χ1) is 16.7. The number of fused-ring (bicyclic) bond motifs is 3. The molecule has 0 saturated carbocycles. The van der Waals surface area contributed by atoms with Gasteiger partial charge >= 0.3 is 0 Å². The van der Waals surface area contributed by atoms with Gasteiger partial charge in [-0.3, -0.25) is 0 Å². The fourth-order valence-electron chi connectivity index (χ4n) is 5.19. The Bertz CT molecular complexity index is 1520. The molecule has 6 heteroatoms. The third-order valence-electron chi connectivity index (χ3n) is 6.87. The number of aryl methyl sites for hydroxylation is 2. The zero-order valence-electron chi connectivity index (χ0n) is 19.5. The SMILES string of the molecule is COc1ccc(-c2c3c(N)c4c(nc3nc3c2c(C)nn3-c2ccccc2)CCCCC4)cc1. The number of hydrogen-bond acceptors (Lipinski definition) is 5. The number of aromatic nitrogens is 4. The van der Waals surface area contributed by atoms with Gasteiger partial charge in [-0.25, -0.2) is 14.6 Å². The number of methoxy groups -OCH3 is 1. The van der Waals surface area contributed by atoms with E-state index in [0.717, 1.165) is 81.7 Å². The molecule has 6 nitrogen and oxygen atoms in total. The Labute approximate surface area is 198 Å². The summed E-state index contributed by atoms with van der Waals surface area (Å²) >= 11 is 0. The van der Waals surface area contributed by atoms with Crippen LogP contribution in [0, 0.1) is 6.92 Å². The lowest BCUT2D eigenvalue weighted by atomic mass is 9.94. The monoisotopic (exact) mass is 449 g/mol. The lowest BCUT2D eigenvalue weighted by Gasteiger charge is -2.16. The van der Waals surface area contributed by atoms with Crippen LogP contribution in [0.4, 0.5) is 5.69 Å². The predicted octanol–water partition coefficient (Wildman–Crippen LogP) is 5.80. The summed E-state index contributed by atoms with van der Waals surface area (Å²) < 4.78 is 7.33. The number of nitrogens with two attached hydrogens (primary N) is 1. The van der Waals surface area contributed by atoms with Gasteiger partial charge in [0.25, 0.3) is 0 Å². The fourth-order valence-corrected chi connectivity index (χ4v) is 5.19. The van der Waals surface area contributed by atoms with Crippen molar-refractivity contribution in [3.63, 3.8) is 0 Å². The Morgan fingerprint density at radius 1 is 0.882 bits per heavy atom. The summed E-state index contributed by atoms with van der Waals surface area (Å²) in [5, 5.41) is 6.83. The second kappa shape index (κ2) is 8.13. The third-order valence-corrected chi connectivity index (χ3v) is 6.87. The number of nitrogen functional groups attached to an aromatic ring is 1. The van der Waals surface area contributed by atoms with Crippen LogP contribution in [0.15, 0.2) is 54.6 Å². The molecule has 1 aliphatic carbocycles. The number of rotatable bonds is 3. The van der Waals surface area contributed by atoms with Crippen molar-refractivity contribution in [3.8, 4) is 22.6 Å². The minimum Gasteiger partial charge on any atom is -0.497 e. The number of ether oxygens (including phenoxy) is 1. The highest BCUT2D eigenvalue weighted by Gasteiger charge is 2.24. The maximum atomic E-state index is 6.93. The topological polar surface area (TPSA) is 78.8 Å². The van der Waals surface area contributed by atoms with Crippen LogP contribution in [-0.2, 0) is 12.8 Å². The zero-order chi connectivity index (χ0) is 23.2. The van der Waals surface area contributed by atoms with Gasteiger partial charge in [-0.1, -0.05) is 36.8 Å². The molecule has 0 fully saturated rings. The van der Waals surface area contributed by atoms with E-state index in [1.807, 2.05) is 54.1 Å². The average molecular weight is 450 g/mol. The minimum absolute atomic E-state index is 0.688. The molecule has 1 aliphatic rings. The molecular formula is C28H27N5O. The molecule has 34 heavy (non-hydrogen) atoms. The zero-order valence-corrected chi connectivity index (χ0v) is 19.5. The summed E-state index contributed by atoms with van der Waals surface area (Å²) in [5.74, 6) is 0.815. The van der Waals surface area contributed by atoms with Gasteiger partial charge in [-0.05, 0) is 68.0 Å². The van der Waals surface area contributed by atoms with E-state index in [-0.39, 0.29) is 0 Å². The number of benzene rings is 2. The molecule has 2 N–H and O–H groups in total. The van der Waals surface area contributed by atoms with Crippen LogP contribution >= 0.6 is 0 Å². The first-order valence-corrected chi connectivity index (χ1v) is 11.9. The minimum atomic E-state index is 0.688. The van der Waals surface area contributed by atoms with Crippen molar-refractivity contribution in [1.29, 1.82) is 0 Å². The van der Waals surface area contributed by atoms with E-state index in [0.29, 0.717) is 5.65 Å². The smallest absolute Gasteiger partial charge is 0.166 e. The molecular weight excluding hydrogens is 422 g/mol. The Morgan fingerprint density at radius 3 is 2.41 bits per heavy atom. The van der Waals surface area contributed by atoms with Gasteiger partial charge in [-0.2, -0.15) is 5.10 Å². The van der Waals surface area contributed by atoms with E-state index in [4.69, 9.17) is 25.5 Å². The summed E-state index contributed by atoms with van der Waals surface area (Å²) in [6.07, 6.45) is 5.40. The number of para-hydroxylation sites is 1. The predicted molar refractivity (Wildman–Crippen MR) is 137 cm³/mol. The summed E-state index contributed by atoms with van der Waals surface area (Å²) in [5.41, 5.74) is 15.5. The molecule has 0 atom stereocenters. The summed E-state index contributed by atoms with van der Waals surface area (Å²) in [7, 11) is 1.68. The standard InChI is InChI=1S/C28H27N5O/c1-17-23-24(18-13-15-20(34-2)16-14-18)25-26(29)21-11-7-4-8-12-22(21)30-27(25)31-28(23)33(32-17)19-9-5-3-6-10-19/h3,5-6,9-10,13-16H,4,7-8,11-12H2,1-2H3,(H2,29,30,31). The Balaban J connectivity index is 1.76. The van der Waals surface area contributed by atoms with Crippen molar-refractivity contribution in [2.45, 2.75) is 39.0 Å². The summed E-state index contributed by atoms with van der Waals surface area (Å²) in [6, 6.07) is 18.3. The summed E-state index contributed by atoms with van der Waals surface area (Å²) in [6.45, 7) is 2.04. The van der Waals surface area contributed by atoms with Crippen LogP contribution in [0.5, 0.6) is 5.75 Å². The Hall–Kier alpha value is -3.93. The van der Waals surface area contributed by atoms with E-state index >= 15 is 0 Å². The number of pyridine rings is 2. The first kappa shape index (κ1) is 20.7. The van der Waals surface area contributed by atoms with Gasteiger partial charge in [0.2, 0.25) is 0 Å². The van der Waals surface area contributed by atoms with Crippen molar-refractivity contribution in [2.24, 2.45) is 0 Å². The van der Waals surface area contributed by atoms with Gasteiger partial charge in [0.1, 0.15) is 5.75 Å². The largest absolute Gasteiger partial charge is 0.497 e. The molecule has 170 valence electrons. The molecule has 2 aromatic carbocycles. The molecule has 5 aromatic rings. The maximum absolute atomic E-state index is 6.93. The highest BCUT2D eigenvalue weighted by atomic mass is 16.5. The Morgan fingerprint density at radius 2 is 1.65 bits per heavy atom. The lowest BCUT2D eigenvalue weighted by Crippen LogP contribution is -2.06. The average Bonchev–Trinajstić information content (AvgIpc) is 3.03. The van der Waals surface area contributed by atoms with E-state index in [1.165, 1.54) is 12.0 Å². The Kier molecular flexibility index (Phi) is 4.94. The molecule has 6 rings (SSSR count). The highest BCUT2D eigenvalue weighted by Crippen LogP contribution is 2.42. The van der Waals surface area contributed by atoms with Crippen LogP contribution < -0.4 is 10.5 Å². The number of anilines is 1. The highest BCUT2D eigenvalue weighted by molar-refractivity contribution is 6.13. The maximum Gasteiger partial charge on any atom is 0.166 e. The molecule has 0 radical (unpaired) electrons. The molecule has 3 aromatic heterocycles. The summed E-state index contributed by atoms with van der Waals surface area (Å²) in [4.78, 5) is 10.2. The molecule has 0 saturated heterocycles. The van der Waals surface area contributed by atoms with E-state index < -0.39 is 0 Å². The number of nitrogens with zero attached hydrogens (tertiary/aromatic N) is 4. The van der Waals surface area contributed by atoms with Crippen LogP contribution in [0.3, 0.4) is 0 Å². The lowest BCUT2D eigenvalue weighted by molar-refractivity contribution is 0.415. The second-order valence-electron chi connectivity index (χ2n) is 8.96. The molecule has 0 unspecified atom stereocenters. The van der Waals surface area contributed by atoms with Gasteiger partial charge in [-0.15, -0.1) is 0 Å². The van der Waals surface area contributed by atoms with Crippen LogP contribution in [0.2, 0.25) is 0 Å². The van der Waals surface area contributed by atoms with Crippen molar-refractivity contribution in [2.75, 3.05) is 12.8 Å². The second-order valence-corrected chi connectivity index (χ2v) is 8.96. The van der Waals surface area contributed by atoms with Crippen molar-refractivity contribution < 1.29 is 4.74 Å². The van der Waals surface area contributed by atoms with Gasteiger partial charge in [0.15, 0.2) is 11.3 Å². The van der Waals surface area contributed by atoms with Crippen molar-refractivity contribution in [3.05, 3.63) is 71.5 Å². The first-order valence-electron chi connectivity index (χ1n) is 11.9. The fraction of sp³-hybridized carbons (Fsp3) is 0.250. The van der Waals surface area contributed by atoms with Gasteiger partial charge < -0.3 is 10.5 Å². The van der Waals surface area contributed by atoms with Crippen LogP contribution in [-0.4, -0.2) is 26.9 Å². The van der Waals surface area contributed by atoms with Crippen LogP contribution in [0.1, 0.15) is 36.2 Å². The van der Waals surface area contributed by atoms with Gasteiger partial charge in [0, 0.05) is 16.9 Å². The molecule has 0 bridgehead atoms. The molecule has 0 amide bonds. The van der Waals surface area contributed by atoms with Crippen molar-refractivity contribution in [1.82, 2.24) is 19.7 Å². The van der Waals surface area contributed by atoms with Crippen molar-refractivity contribution >= 4 is 27.8 Å². The molecule has 3 heterocycles. The molecule has 0 aliphatic heterocycles. The normalized spacial score (nSPS) is 13.7. The third kappa shape index (κ3) is 3.21. The van der Waals surface area contributed by atoms with Crippen LogP contribution in [0.25, 0.3) is 38.9 Å². The van der Waals surface area contributed by atoms with E-state index in [9.17, 15) is 0 Å². The van der Waals surface area contributed by atoms with E-state index in [2.05, 4.69) is 12.1 Å².